The van der Waals surface area contributed by atoms with E-state index in [0.717, 1.165) is 11.3 Å². The van der Waals surface area contributed by atoms with Gasteiger partial charge in [-0.1, -0.05) is 55.9 Å². The van der Waals surface area contributed by atoms with Crippen LogP contribution in [0, 0.1) is 31.1 Å². The number of carbonyl (C=O) groups excluding carboxylic acids is 1. The average molecular weight is 324 g/mol. The van der Waals surface area contributed by atoms with Crippen molar-refractivity contribution < 1.29 is 4.79 Å². The molecule has 2 aromatic rings. The zero-order chi connectivity index (χ0) is 17.0. The molecule has 0 fully saturated rings. The summed E-state index contributed by atoms with van der Waals surface area (Å²) in [6, 6.07) is 13.4. The molecule has 4 heteroatoms. The molecule has 0 unspecified atom stereocenters. The highest BCUT2D eigenvalue weighted by atomic mass is 32.2. The van der Waals surface area contributed by atoms with Gasteiger partial charge >= 0.3 is 0 Å². The molecule has 0 bridgehead atoms. The van der Waals surface area contributed by atoms with Crippen LogP contribution in [0.1, 0.15) is 41.0 Å². The quantitative estimate of drug-likeness (QED) is 0.597. The number of aromatic nitrogens is 1. The standard InChI is InChI=1S/C19H20N2OS/c1-12(2)18(17(22)15-8-6-5-7-9-15)23-19-16(11-20)13(3)10-14(4)21-19/h5-10,12,18H,1-4H3/t18-/m0/s1. The van der Waals surface area contributed by atoms with E-state index in [4.69, 9.17) is 0 Å². The summed E-state index contributed by atoms with van der Waals surface area (Å²) in [5.74, 6) is 0.220. The molecule has 0 saturated heterocycles. The van der Waals surface area contributed by atoms with Gasteiger partial charge in [-0.05, 0) is 31.4 Å². The van der Waals surface area contributed by atoms with Gasteiger partial charge in [0, 0.05) is 11.3 Å². The maximum absolute atomic E-state index is 12.8. The summed E-state index contributed by atoms with van der Waals surface area (Å²) in [7, 11) is 0. The van der Waals surface area contributed by atoms with Crippen molar-refractivity contribution >= 4 is 17.5 Å². The van der Waals surface area contributed by atoms with Crippen LogP contribution in [0.2, 0.25) is 0 Å². The summed E-state index contributed by atoms with van der Waals surface area (Å²) in [4.78, 5) is 17.3. The number of carbonyl (C=O) groups is 1. The minimum Gasteiger partial charge on any atom is -0.293 e. The molecule has 0 spiro atoms. The predicted molar refractivity (Wildman–Crippen MR) is 93.7 cm³/mol. The molecule has 23 heavy (non-hydrogen) atoms. The number of nitrogens with zero attached hydrogens (tertiary/aromatic N) is 2. The Morgan fingerprint density at radius 1 is 1.22 bits per heavy atom. The third-order valence-electron chi connectivity index (χ3n) is 3.58. The van der Waals surface area contributed by atoms with Crippen molar-refractivity contribution in [1.82, 2.24) is 4.98 Å². The molecule has 0 radical (unpaired) electrons. The summed E-state index contributed by atoms with van der Waals surface area (Å²) < 4.78 is 0. The molecular formula is C19H20N2OS. The van der Waals surface area contributed by atoms with Gasteiger partial charge in [0.2, 0.25) is 0 Å². The van der Waals surface area contributed by atoms with Gasteiger partial charge in [0.05, 0.1) is 10.8 Å². The normalized spacial score (nSPS) is 12.0. The highest BCUT2D eigenvalue weighted by molar-refractivity contribution is 8.00. The first kappa shape index (κ1) is 17.2. The lowest BCUT2D eigenvalue weighted by atomic mass is 10.0. The average Bonchev–Trinajstić information content (AvgIpc) is 2.52. The smallest absolute Gasteiger partial charge is 0.176 e. The number of aryl methyl sites for hydroxylation is 2. The third kappa shape index (κ3) is 4.00. The van der Waals surface area contributed by atoms with Crippen LogP contribution in [0.3, 0.4) is 0 Å². The SMILES string of the molecule is Cc1cc(C)c(C#N)c(S[C@H](C(=O)c2ccccc2)C(C)C)n1. The Bertz CT molecular complexity index is 748. The largest absolute Gasteiger partial charge is 0.293 e. The van der Waals surface area contributed by atoms with E-state index < -0.39 is 0 Å². The zero-order valence-electron chi connectivity index (χ0n) is 13.8. The molecule has 0 aliphatic carbocycles. The van der Waals surface area contributed by atoms with Crippen LogP contribution < -0.4 is 0 Å². The van der Waals surface area contributed by atoms with Gasteiger partial charge in [0.15, 0.2) is 5.78 Å². The van der Waals surface area contributed by atoms with Crippen molar-refractivity contribution in [2.75, 3.05) is 0 Å². The summed E-state index contributed by atoms with van der Waals surface area (Å²) in [6.07, 6.45) is 0. The molecule has 0 amide bonds. The van der Waals surface area contributed by atoms with Crippen LogP contribution in [-0.4, -0.2) is 16.0 Å². The van der Waals surface area contributed by atoms with Gasteiger partial charge in [0.25, 0.3) is 0 Å². The lowest BCUT2D eigenvalue weighted by molar-refractivity contribution is 0.0975. The number of ketones is 1. The molecule has 1 aromatic heterocycles. The van der Waals surface area contributed by atoms with Crippen molar-refractivity contribution in [3.05, 3.63) is 58.8 Å². The predicted octanol–water partition coefficient (Wildman–Crippen LogP) is 4.57. The molecular weight excluding hydrogens is 304 g/mol. The minimum atomic E-state index is -0.266. The number of pyridine rings is 1. The molecule has 0 saturated carbocycles. The fourth-order valence-corrected chi connectivity index (χ4v) is 3.68. The number of Topliss-reactive ketones (excluding diaryl/α,β-unsaturated/α-hetero) is 1. The maximum Gasteiger partial charge on any atom is 0.176 e. The monoisotopic (exact) mass is 324 g/mol. The van der Waals surface area contributed by atoms with E-state index in [1.807, 2.05) is 64.1 Å². The van der Waals surface area contributed by atoms with Crippen LogP contribution >= 0.6 is 11.8 Å². The van der Waals surface area contributed by atoms with Crippen molar-refractivity contribution in [1.29, 1.82) is 5.26 Å². The van der Waals surface area contributed by atoms with Crippen molar-refractivity contribution in [2.45, 2.75) is 38.0 Å². The fourth-order valence-electron chi connectivity index (χ4n) is 2.40. The van der Waals surface area contributed by atoms with Gasteiger partial charge in [-0.25, -0.2) is 4.98 Å². The number of hydrogen-bond donors (Lipinski definition) is 0. The van der Waals surface area contributed by atoms with Crippen LogP contribution in [0.25, 0.3) is 0 Å². The molecule has 1 aromatic carbocycles. The van der Waals surface area contributed by atoms with E-state index in [0.29, 0.717) is 16.2 Å². The van der Waals surface area contributed by atoms with Gasteiger partial charge in [-0.3, -0.25) is 4.79 Å². The van der Waals surface area contributed by atoms with Crippen LogP contribution in [0.4, 0.5) is 0 Å². The second-order valence-corrected chi connectivity index (χ2v) is 7.02. The molecule has 0 aliphatic heterocycles. The van der Waals surface area contributed by atoms with Gasteiger partial charge < -0.3 is 0 Å². The van der Waals surface area contributed by atoms with Crippen molar-refractivity contribution in [2.24, 2.45) is 5.92 Å². The Morgan fingerprint density at radius 2 is 1.87 bits per heavy atom. The second kappa shape index (κ2) is 7.43. The summed E-state index contributed by atoms with van der Waals surface area (Å²) in [6.45, 7) is 7.85. The Kier molecular flexibility index (Phi) is 5.57. The first-order valence-corrected chi connectivity index (χ1v) is 8.46. The fraction of sp³-hybridized carbons (Fsp3) is 0.316. The van der Waals surface area contributed by atoms with Crippen molar-refractivity contribution in [3.63, 3.8) is 0 Å². The third-order valence-corrected chi connectivity index (χ3v) is 5.12. The van der Waals surface area contributed by atoms with Crippen LogP contribution in [0.5, 0.6) is 0 Å². The van der Waals surface area contributed by atoms with E-state index in [-0.39, 0.29) is 17.0 Å². The van der Waals surface area contributed by atoms with E-state index >= 15 is 0 Å². The minimum absolute atomic E-state index is 0.0791. The zero-order valence-corrected chi connectivity index (χ0v) is 14.6. The Morgan fingerprint density at radius 3 is 2.43 bits per heavy atom. The number of nitriles is 1. The highest BCUT2D eigenvalue weighted by Crippen LogP contribution is 2.32. The lowest BCUT2D eigenvalue weighted by Gasteiger charge is -2.20. The molecule has 0 N–H and O–H groups in total. The number of rotatable bonds is 5. The topological polar surface area (TPSA) is 53.8 Å². The summed E-state index contributed by atoms with van der Waals surface area (Å²) in [5, 5.41) is 9.79. The first-order chi connectivity index (χ1) is 10.9. The molecule has 118 valence electrons. The summed E-state index contributed by atoms with van der Waals surface area (Å²) in [5.41, 5.74) is 3.02. The Balaban J connectivity index is 2.39. The Hall–Kier alpha value is -2.12. The summed E-state index contributed by atoms with van der Waals surface area (Å²) >= 11 is 1.40. The number of benzene rings is 1. The first-order valence-electron chi connectivity index (χ1n) is 7.58. The lowest BCUT2D eigenvalue weighted by Crippen LogP contribution is -2.23. The second-order valence-electron chi connectivity index (χ2n) is 5.89. The number of hydrogen-bond acceptors (Lipinski definition) is 4. The van der Waals surface area contributed by atoms with Gasteiger partial charge in [0.1, 0.15) is 11.1 Å². The van der Waals surface area contributed by atoms with E-state index in [1.54, 1.807) is 0 Å². The molecule has 2 rings (SSSR count). The maximum atomic E-state index is 12.8. The van der Waals surface area contributed by atoms with Crippen LogP contribution in [0.15, 0.2) is 41.4 Å². The molecule has 1 atom stereocenters. The van der Waals surface area contributed by atoms with Gasteiger partial charge in [-0.2, -0.15) is 5.26 Å². The molecule has 3 nitrogen and oxygen atoms in total. The van der Waals surface area contributed by atoms with Crippen molar-refractivity contribution in [3.8, 4) is 6.07 Å². The Labute approximate surface area is 141 Å². The van der Waals surface area contributed by atoms with Crippen LogP contribution in [-0.2, 0) is 0 Å². The molecule has 0 aliphatic rings. The van der Waals surface area contributed by atoms with E-state index in [1.165, 1.54) is 11.8 Å². The molecule has 1 heterocycles. The number of thioether (sulfide) groups is 1. The van der Waals surface area contributed by atoms with E-state index in [2.05, 4.69) is 11.1 Å². The van der Waals surface area contributed by atoms with Gasteiger partial charge in [-0.15, -0.1) is 0 Å². The highest BCUT2D eigenvalue weighted by Gasteiger charge is 2.26. The van der Waals surface area contributed by atoms with E-state index in [9.17, 15) is 10.1 Å².